The molecule has 7 nitrogen and oxygen atoms in total. The topological polar surface area (TPSA) is 91.8 Å². The number of carbonyl (C=O) groups excluding carboxylic acids is 2. The number of nitrogens with one attached hydrogen (secondary N) is 3. The number of nitrogens with zero attached hydrogens (tertiary/aromatic N) is 2. The van der Waals surface area contributed by atoms with Gasteiger partial charge in [0.2, 0.25) is 5.91 Å². The smallest absolute Gasteiger partial charge is 0.260 e. The minimum Gasteiger partial charge on any atom is -0.358 e. The van der Waals surface area contributed by atoms with Crippen LogP contribution in [0.4, 0.5) is 0 Å². The van der Waals surface area contributed by atoms with Crippen molar-refractivity contribution < 1.29 is 9.59 Å². The van der Waals surface area contributed by atoms with Gasteiger partial charge in [0.25, 0.3) is 5.91 Å². The zero-order chi connectivity index (χ0) is 18.8. The van der Waals surface area contributed by atoms with Crippen molar-refractivity contribution in [2.75, 3.05) is 0 Å². The van der Waals surface area contributed by atoms with E-state index in [1.165, 1.54) is 0 Å². The lowest BCUT2D eigenvalue weighted by Crippen LogP contribution is -2.44. The Balaban J connectivity index is 1.61. The first-order valence-electron chi connectivity index (χ1n) is 8.50. The molecule has 26 heavy (non-hydrogen) atoms. The Morgan fingerprint density at radius 1 is 1.08 bits per heavy atom. The summed E-state index contributed by atoms with van der Waals surface area (Å²) in [5.74, 6) is -0.590. The number of aromatic nitrogens is 3. The third-order valence-corrected chi connectivity index (χ3v) is 4.35. The van der Waals surface area contributed by atoms with Crippen LogP contribution in [0.1, 0.15) is 28.2 Å². The first-order valence-corrected chi connectivity index (χ1v) is 8.50. The average Bonchev–Trinajstić information content (AvgIpc) is 3.04. The van der Waals surface area contributed by atoms with Crippen LogP contribution in [0.2, 0.25) is 0 Å². The Hall–Kier alpha value is -3.09. The molecule has 3 aromatic rings. The van der Waals surface area contributed by atoms with E-state index in [0.717, 1.165) is 39.1 Å². The molecular weight excluding hydrogens is 330 g/mol. The largest absolute Gasteiger partial charge is 0.358 e. The summed E-state index contributed by atoms with van der Waals surface area (Å²) < 4.78 is 1.60. The molecule has 0 aliphatic rings. The second-order valence-corrected chi connectivity index (χ2v) is 6.64. The summed E-state index contributed by atoms with van der Waals surface area (Å²) in [7, 11) is 0. The van der Waals surface area contributed by atoms with Crippen LogP contribution in [-0.2, 0) is 22.6 Å². The maximum atomic E-state index is 12.3. The van der Waals surface area contributed by atoms with Gasteiger partial charge in [-0.1, -0.05) is 11.6 Å². The quantitative estimate of drug-likeness (QED) is 0.626. The molecule has 1 aromatic carbocycles. The molecule has 0 saturated carbocycles. The highest BCUT2D eigenvalue weighted by molar-refractivity contribution is 5.91. The van der Waals surface area contributed by atoms with Crippen molar-refractivity contribution in [1.82, 2.24) is 25.6 Å². The fourth-order valence-electron chi connectivity index (χ4n) is 3.08. The summed E-state index contributed by atoms with van der Waals surface area (Å²) in [4.78, 5) is 27.6. The molecule has 0 unspecified atom stereocenters. The molecule has 0 fully saturated rings. The molecule has 3 N–H and O–H groups in total. The number of fused-ring (bicyclic) bond motifs is 1. The van der Waals surface area contributed by atoms with Gasteiger partial charge in [0.15, 0.2) is 0 Å². The lowest BCUT2D eigenvalue weighted by atomic mass is 10.1. The van der Waals surface area contributed by atoms with Gasteiger partial charge in [0.1, 0.15) is 6.54 Å². The van der Waals surface area contributed by atoms with Crippen LogP contribution in [0.3, 0.4) is 0 Å². The molecule has 0 aliphatic heterocycles. The zero-order valence-electron chi connectivity index (χ0n) is 15.4. The van der Waals surface area contributed by atoms with Crippen molar-refractivity contribution in [2.24, 2.45) is 0 Å². The predicted molar refractivity (Wildman–Crippen MR) is 99.5 cm³/mol. The maximum absolute atomic E-state index is 12.3. The van der Waals surface area contributed by atoms with Crippen molar-refractivity contribution in [3.63, 3.8) is 0 Å². The number of aromatic amines is 1. The van der Waals surface area contributed by atoms with E-state index >= 15 is 0 Å². The predicted octanol–water partition coefficient (Wildman–Crippen LogP) is 1.99. The number of H-pyrrole nitrogens is 1. The molecule has 0 saturated heterocycles. The van der Waals surface area contributed by atoms with E-state index in [1.807, 2.05) is 45.9 Å². The molecular formula is C19H23N5O2. The van der Waals surface area contributed by atoms with E-state index in [2.05, 4.69) is 27.0 Å². The van der Waals surface area contributed by atoms with Crippen molar-refractivity contribution >= 4 is 22.7 Å². The molecule has 3 rings (SSSR count). The van der Waals surface area contributed by atoms with Crippen molar-refractivity contribution in [3.8, 4) is 0 Å². The molecule has 2 amide bonds. The van der Waals surface area contributed by atoms with Gasteiger partial charge < -0.3 is 4.98 Å². The normalized spacial score (nSPS) is 10.9. The number of hydrazine groups is 1. The second kappa shape index (κ2) is 7.03. The van der Waals surface area contributed by atoms with Gasteiger partial charge >= 0.3 is 0 Å². The van der Waals surface area contributed by atoms with Crippen molar-refractivity contribution in [2.45, 2.75) is 40.7 Å². The number of aryl methyl sites for hydroxylation is 4. The van der Waals surface area contributed by atoms with Gasteiger partial charge in [-0.25, -0.2) is 0 Å². The number of amides is 2. The molecule has 0 bridgehead atoms. The summed E-state index contributed by atoms with van der Waals surface area (Å²) in [5, 5.41) is 5.26. The molecule has 0 radical (unpaired) electrons. The summed E-state index contributed by atoms with van der Waals surface area (Å²) >= 11 is 0. The Morgan fingerprint density at radius 3 is 2.50 bits per heavy atom. The average molecular weight is 353 g/mol. The van der Waals surface area contributed by atoms with Gasteiger partial charge in [0, 0.05) is 22.3 Å². The standard InChI is InChI=1S/C19H23N5O2/c1-11-5-6-17-16(7-11)15(14(4)20-17)9-18(25)21-22-19(26)10-24-13(3)8-12(2)23-24/h5-8,20H,9-10H2,1-4H3,(H,21,25)(H,22,26). The number of hydrogen-bond acceptors (Lipinski definition) is 3. The first-order chi connectivity index (χ1) is 12.3. The first kappa shape index (κ1) is 17.7. The van der Waals surface area contributed by atoms with Gasteiger partial charge in [-0.3, -0.25) is 25.1 Å². The van der Waals surface area contributed by atoms with E-state index in [1.54, 1.807) is 4.68 Å². The van der Waals surface area contributed by atoms with Crippen molar-refractivity contribution in [1.29, 1.82) is 0 Å². The van der Waals surface area contributed by atoms with Crippen LogP contribution in [0.25, 0.3) is 10.9 Å². The zero-order valence-corrected chi connectivity index (χ0v) is 15.4. The maximum Gasteiger partial charge on any atom is 0.260 e. The number of benzene rings is 1. The molecule has 136 valence electrons. The Bertz CT molecular complexity index is 983. The minimum atomic E-state index is -0.323. The monoisotopic (exact) mass is 353 g/mol. The number of hydrogen-bond donors (Lipinski definition) is 3. The Labute approximate surface area is 151 Å². The molecule has 2 aromatic heterocycles. The minimum absolute atomic E-state index is 0.0608. The van der Waals surface area contributed by atoms with Crippen LogP contribution in [0.5, 0.6) is 0 Å². The second-order valence-electron chi connectivity index (χ2n) is 6.64. The molecule has 0 aliphatic carbocycles. The third-order valence-electron chi connectivity index (χ3n) is 4.35. The van der Waals surface area contributed by atoms with E-state index < -0.39 is 0 Å². The molecule has 2 heterocycles. The van der Waals surface area contributed by atoms with Crippen LogP contribution in [0, 0.1) is 27.7 Å². The summed E-state index contributed by atoms with van der Waals surface area (Å²) in [6, 6.07) is 7.99. The third kappa shape index (κ3) is 3.77. The summed E-state index contributed by atoms with van der Waals surface area (Å²) in [5.41, 5.74) is 10.7. The van der Waals surface area contributed by atoms with Gasteiger partial charge in [-0.05, 0) is 51.5 Å². The van der Waals surface area contributed by atoms with Crippen LogP contribution in [-0.4, -0.2) is 26.6 Å². The molecule has 7 heteroatoms. The lowest BCUT2D eigenvalue weighted by molar-refractivity contribution is -0.129. The van der Waals surface area contributed by atoms with Crippen molar-refractivity contribution in [3.05, 3.63) is 52.5 Å². The van der Waals surface area contributed by atoms with E-state index in [9.17, 15) is 9.59 Å². The number of carbonyl (C=O) groups is 2. The molecule has 0 spiro atoms. The van der Waals surface area contributed by atoms with Gasteiger partial charge in [-0.2, -0.15) is 5.10 Å². The molecule has 0 atom stereocenters. The van der Waals surface area contributed by atoms with Gasteiger partial charge in [-0.15, -0.1) is 0 Å². The summed E-state index contributed by atoms with van der Waals surface area (Å²) in [6.07, 6.45) is 0.190. The van der Waals surface area contributed by atoms with E-state index in [0.29, 0.717) is 0 Å². The number of rotatable bonds is 4. The van der Waals surface area contributed by atoms with E-state index in [-0.39, 0.29) is 24.8 Å². The van der Waals surface area contributed by atoms with Crippen LogP contribution >= 0.6 is 0 Å². The highest BCUT2D eigenvalue weighted by Crippen LogP contribution is 2.23. The SMILES string of the molecule is Cc1ccc2[nH]c(C)c(CC(=O)NNC(=O)Cn3nc(C)cc3C)c2c1. The van der Waals surface area contributed by atoms with Crippen LogP contribution in [0.15, 0.2) is 24.3 Å². The Kier molecular flexibility index (Phi) is 4.79. The fraction of sp³-hybridized carbons (Fsp3) is 0.316. The summed E-state index contributed by atoms with van der Waals surface area (Å²) in [6.45, 7) is 7.78. The van der Waals surface area contributed by atoms with Crippen LogP contribution < -0.4 is 10.9 Å². The van der Waals surface area contributed by atoms with Gasteiger partial charge in [0.05, 0.1) is 12.1 Å². The van der Waals surface area contributed by atoms with E-state index in [4.69, 9.17) is 0 Å². The lowest BCUT2D eigenvalue weighted by Gasteiger charge is -2.09. The highest BCUT2D eigenvalue weighted by atomic mass is 16.2. The Morgan fingerprint density at radius 2 is 1.81 bits per heavy atom. The highest BCUT2D eigenvalue weighted by Gasteiger charge is 2.14. The fourth-order valence-corrected chi connectivity index (χ4v) is 3.08.